The number of carbonyl (C=O) groups excluding carboxylic acids is 1. The lowest BCUT2D eigenvalue weighted by Gasteiger charge is -2.15. The number of halogens is 2. The van der Waals surface area contributed by atoms with Crippen molar-refractivity contribution in [2.45, 2.75) is 13.5 Å². The van der Waals surface area contributed by atoms with E-state index in [0.717, 1.165) is 9.13 Å². The molecule has 1 amide bonds. The van der Waals surface area contributed by atoms with Crippen LogP contribution in [-0.2, 0) is 6.61 Å². The summed E-state index contributed by atoms with van der Waals surface area (Å²) in [4.78, 5) is 12.1. The number of nitrogens with two attached hydrogens (primary N) is 1. The second-order valence-electron chi connectivity index (χ2n) is 4.95. The highest BCUT2D eigenvalue weighted by Crippen LogP contribution is 2.35. The monoisotopic (exact) mass is 490 g/mol. The molecule has 0 saturated heterocycles. The Morgan fingerprint density at radius 3 is 2.56 bits per heavy atom. The van der Waals surface area contributed by atoms with E-state index in [2.05, 4.69) is 27.9 Å². The molecule has 0 aliphatic rings. The Balaban J connectivity index is 2.25. The zero-order valence-corrected chi connectivity index (χ0v) is 17.1. The SMILES string of the molecule is CCOc1cc(C(=O)NC(N)=S)cc(I)c1OCc1ccc(Cl)cc1. The Kier molecular flexibility index (Phi) is 7.27. The molecular formula is C17H16ClIN2O3S. The maximum absolute atomic E-state index is 12.1. The molecule has 0 aliphatic heterocycles. The number of thiocarbonyl (C=S) groups is 1. The molecule has 2 aromatic carbocycles. The molecule has 0 atom stereocenters. The van der Waals surface area contributed by atoms with Crippen molar-refractivity contribution in [1.29, 1.82) is 0 Å². The molecule has 0 spiro atoms. The zero-order valence-electron chi connectivity index (χ0n) is 13.3. The first-order valence-electron chi connectivity index (χ1n) is 7.35. The van der Waals surface area contributed by atoms with Gasteiger partial charge >= 0.3 is 0 Å². The Bertz CT molecular complexity index is 784. The van der Waals surface area contributed by atoms with Gasteiger partial charge in [-0.15, -0.1) is 0 Å². The summed E-state index contributed by atoms with van der Waals surface area (Å²) in [7, 11) is 0. The molecule has 0 bridgehead atoms. The van der Waals surface area contributed by atoms with Gasteiger partial charge < -0.3 is 15.2 Å². The maximum Gasteiger partial charge on any atom is 0.257 e. The van der Waals surface area contributed by atoms with E-state index in [0.29, 0.717) is 35.3 Å². The second-order valence-corrected chi connectivity index (χ2v) is 6.99. The van der Waals surface area contributed by atoms with Crippen LogP contribution in [0.2, 0.25) is 5.02 Å². The van der Waals surface area contributed by atoms with Crippen molar-refractivity contribution in [2.75, 3.05) is 6.61 Å². The lowest BCUT2D eigenvalue weighted by molar-refractivity contribution is 0.0977. The minimum atomic E-state index is -0.393. The summed E-state index contributed by atoms with van der Waals surface area (Å²) in [6.45, 7) is 2.65. The summed E-state index contributed by atoms with van der Waals surface area (Å²) >= 11 is 12.7. The van der Waals surface area contributed by atoms with Crippen molar-refractivity contribution in [1.82, 2.24) is 5.32 Å². The lowest BCUT2D eigenvalue weighted by atomic mass is 10.2. The van der Waals surface area contributed by atoms with E-state index in [9.17, 15) is 4.79 Å². The van der Waals surface area contributed by atoms with Crippen molar-refractivity contribution in [3.05, 3.63) is 56.1 Å². The summed E-state index contributed by atoms with van der Waals surface area (Å²) < 4.78 is 12.3. The first-order chi connectivity index (χ1) is 11.9. The number of rotatable bonds is 6. The first kappa shape index (κ1) is 19.7. The smallest absolute Gasteiger partial charge is 0.257 e. The van der Waals surface area contributed by atoms with E-state index in [-0.39, 0.29) is 5.11 Å². The molecule has 25 heavy (non-hydrogen) atoms. The van der Waals surface area contributed by atoms with Crippen LogP contribution in [0, 0.1) is 3.57 Å². The van der Waals surface area contributed by atoms with E-state index in [1.165, 1.54) is 0 Å². The third-order valence-corrected chi connectivity index (χ3v) is 4.26. The second kappa shape index (κ2) is 9.21. The molecule has 0 fully saturated rings. The molecule has 8 heteroatoms. The number of hydrogen-bond donors (Lipinski definition) is 2. The number of hydrogen-bond acceptors (Lipinski definition) is 4. The van der Waals surface area contributed by atoms with Gasteiger partial charge in [0.25, 0.3) is 5.91 Å². The normalized spacial score (nSPS) is 10.2. The number of nitrogens with one attached hydrogen (secondary N) is 1. The minimum absolute atomic E-state index is 0.0824. The molecule has 132 valence electrons. The summed E-state index contributed by atoms with van der Waals surface area (Å²) in [5.41, 5.74) is 6.71. The van der Waals surface area contributed by atoms with Crippen LogP contribution in [0.3, 0.4) is 0 Å². The molecule has 2 aromatic rings. The maximum atomic E-state index is 12.1. The minimum Gasteiger partial charge on any atom is -0.490 e. The van der Waals surface area contributed by atoms with Crippen LogP contribution in [0.1, 0.15) is 22.8 Å². The Hall–Kier alpha value is -1.58. The number of carbonyl (C=O) groups is 1. The van der Waals surface area contributed by atoms with E-state index in [1.54, 1.807) is 24.3 Å². The summed E-state index contributed by atoms with van der Waals surface area (Å²) in [6, 6.07) is 10.7. The van der Waals surface area contributed by atoms with Gasteiger partial charge in [-0.25, -0.2) is 0 Å². The van der Waals surface area contributed by atoms with Crippen LogP contribution in [0.5, 0.6) is 11.5 Å². The van der Waals surface area contributed by atoms with Gasteiger partial charge in [-0.3, -0.25) is 10.1 Å². The molecule has 0 radical (unpaired) electrons. The third-order valence-electron chi connectivity index (χ3n) is 3.10. The number of ether oxygens (including phenoxy) is 2. The molecule has 0 unspecified atom stereocenters. The quantitative estimate of drug-likeness (QED) is 0.475. The zero-order chi connectivity index (χ0) is 18.4. The van der Waals surface area contributed by atoms with Crippen LogP contribution < -0.4 is 20.5 Å². The molecular weight excluding hydrogens is 475 g/mol. The lowest BCUT2D eigenvalue weighted by Crippen LogP contribution is -2.34. The highest BCUT2D eigenvalue weighted by atomic mass is 127. The van der Waals surface area contributed by atoms with Crippen molar-refractivity contribution in [3.63, 3.8) is 0 Å². The average Bonchev–Trinajstić information content (AvgIpc) is 2.55. The van der Waals surface area contributed by atoms with Gasteiger partial charge in [-0.2, -0.15) is 0 Å². The van der Waals surface area contributed by atoms with Gasteiger partial charge in [0.1, 0.15) is 6.61 Å². The standard InChI is InChI=1S/C17H16ClIN2O3S/c1-2-23-14-8-11(16(22)21-17(20)25)7-13(19)15(14)24-9-10-3-5-12(18)6-4-10/h3-8H,2,9H2,1H3,(H3,20,21,22,25). The molecule has 2 rings (SSSR count). The van der Waals surface area contributed by atoms with Gasteiger partial charge in [-0.1, -0.05) is 23.7 Å². The number of amides is 1. The van der Waals surface area contributed by atoms with E-state index in [4.69, 9.17) is 39.0 Å². The van der Waals surface area contributed by atoms with Gasteiger partial charge in [-0.05, 0) is 71.6 Å². The van der Waals surface area contributed by atoms with Crippen LogP contribution in [0.4, 0.5) is 0 Å². The van der Waals surface area contributed by atoms with E-state index >= 15 is 0 Å². The summed E-state index contributed by atoms with van der Waals surface area (Å²) in [5.74, 6) is 0.663. The Labute approximate surface area is 170 Å². The van der Waals surface area contributed by atoms with Gasteiger partial charge in [0, 0.05) is 10.6 Å². The summed E-state index contributed by atoms with van der Waals surface area (Å²) in [6.07, 6.45) is 0. The van der Waals surface area contributed by atoms with E-state index in [1.807, 2.05) is 19.1 Å². The predicted molar refractivity (Wildman–Crippen MR) is 110 cm³/mol. The fourth-order valence-corrected chi connectivity index (χ4v) is 3.00. The van der Waals surface area contributed by atoms with Crippen molar-refractivity contribution < 1.29 is 14.3 Å². The topological polar surface area (TPSA) is 73.6 Å². The van der Waals surface area contributed by atoms with Crippen molar-refractivity contribution in [2.24, 2.45) is 5.73 Å². The van der Waals surface area contributed by atoms with E-state index < -0.39 is 5.91 Å². The predicted octanol–water partition coefficient (Wildman–Crippen LogP) is 3.90. The highest BCUT2D eigenvalue weighted by Gasteiger charge is 2.16. The summed E-state index contributed by atoms with van der Waals surface area (Å²) in [5, 5.41) is 2.98. The van der Waals surface area contributed by atoms with Crippen molar-refractivity contribution >= 4 is 57.4 Å². The van der Waals surface area contributed by atoms with Gasteiger partial charge in [0.15, 0.2) is 16.6 Å². The Morgan fingerprint density at radius 1 is 1.28 bits per heavy atom. The van der Waals surface area contributed by atoms with Crippen LogP contribution in [0.15, 0.2) is 36.4 Å². The molecule has 3 N–H and O–H groups in total. The van der Waals surface area contributed by atoms with Crippen LogP contribution >= 0.6 is 46.4 Å². The van der Waals surface area contributed by atoms with Gasteiger partial charge in [0.2, 0.25) is 0 Å². The fraction of sp³-hybridized carbons (Fsp3) is 0.176. The third kappa shape index (κ3) is 5.72. The Morgan fingerprint density at radius 2 is 1.96 bits per heavy atom. The largest absolute Gasteiger partial charge is 0.490 e. The first-order valence-corrected chi connectivity index (χ1v) is 9.21. The van der Waals surface area contributed by atoms with Crippen LogP contribution in [0.25, 0.3) is 0 Å². The number of benzene rings is 2. The molecule has 5 nitrogen and oxygen atoms in total. The molecule has 0 heterocycles. The average molecular weight is 491 g/mol. The molecule has 0 aliphatic carbocycles. The van der Waals surface area contributed by atoms with Crippen molar-refractivity contribution in [3.8, 4) is 11.5 Å². The molecule has 0 aromatic heterocycles. The van der Waals surface area contributed by atoms with Gasteiger partial charge in [0.05, 0.1) is 10.2 Å². The highest BCUT2D eigenvalue weighted by molar-refractivity contribution is 14.1. The molecule has 0 saturated carbocycles. The fourth-order valence-electron chi connectivity index (χ4n) is 2.02. The van der Waals surface area contributed by atoms with Crippen LogP contribution in [-0.4, -0.2) is 17.6 Å².